The summed E-state index contributed by atoms with van der Waals surface area (Å²) >= 11 is 0. The molecule has 1 aromatic rings. The Morgan fingerprint density at radius 2 is 2.05 bits per heavy atom. The SMILES string of the molecule is CC(C)Oc1cccc(C(=O)NC2(CN)CCCCC2)c1. The van der Waals surface area contributed by atoms with Crippen molar-refractivity contribution < 1.29 is 9.53 Å². The molecule has 0 saturated heterocycles. The zero-order valence-electron chi connectivity index (χ0n) is 13.0. The van der Waals surface area contributed by atoms with Crippen molar-refractivity contribution in [3.8, 4) is 5.75 Å². The van der Waals surface area contributed by atoms with Crippen molar-refractivity contribution in [2.75, 3.05) is 6.54 Å². The van der Waals surface area contributed by atoms with Gasteiger partial charge in [-0.15, -0.1) is 0 Å². The highest BCUT2D eigenvalue weighted by Crippen LogP contribution is 2.28. The van der Waals surface area contributed by atoms with Gasteiger partial charge in [-0.3, -0.25) is 4.79 Å². The van der Waals surface area contributed by atoms with E-state index in [0.29, 0.717) is 12.1 Å². The van der Waals surface area contributed by atoms with Gasteiger partial charge in [-0.25, -0.2) is 0 Å². The molecule has 0 atom stereocenters. The summed E-state index contributed by atoms with van der Waals surface area (Å²) < 4.78 is 5.64. The van der Waals surface area contributed by atoms with Crippen LogP contribution >= 0.6 is 0 Å². The van der Waals surface area contributed by atoms with Gasteiger partial charge in [-0.2, -0.15) is 0 Å². The minimum Gasteiger partial charge on any atom is -0.491 e. The van der Waals surface area contributed by atoms with Crippen LogP contribution in [0.25, 0.3) is 0 Å². The zero-order valence-corrected chi connectivity index (χ0v) is 13.0. The van der Waals surface area contributed by atoms with Crippen LogP contribution in [0.1, 0.15) is 56.3 Å². The summed E-state index contributed by atoms with van der Waals surface area (Å²) in [5, 5.41) is 3.16. The fourth-order valence-electron chi connectivity index (χ4n) is 2.90. The van der Waals surface area contributed by atoms with E-state index >= 15 is 0 Å². The number of amides is 1. The van der Waals surface area contributed by atoms with Crippen molar-refractivity contribution in [2.45, 2.75) is 57.6 Å². The predicted octanol–water partition coefficient (Wildman–Crippen LogP) is 2.87. The fourth-order valence-corrected chi connectivity index (χ4v) is 2.90. The van der Waals surface area contributed by atoms with Crippen LogP contribution in [0.5, 0.6) is 5.75 Å². The molecule has 2 rings (SSSR count). The molecule has 0 aromatic heterocycles. The van der Waals surface area contributed by atoms with Crippen LogP contribution in [0.4, 0.5) is 0 Å². The van der Waals surface area contributed by atoms with Gasteiger partial charge in [-0.05, 0) is 44.9 Å². The Morgan fingerprint density at radius 3 is 2.67 bits per heavy atom. The third kappa shape index (κ3) is 4.21. The lowest BCUT2D eigenvalue weighted by molar-refractivity contribution is 0.0874. The third-order valence-corrected chi connectivity index (χ3v) is 4.05. The summed E-state index contributed by atoms with van der Waals surface area (Å²) in [4.78, 5) is 12.5. The largest absolute Gasteiger partial charge is 0.491 e. The average molecular weight is 290 g/mol. The van der Waals surface area contributed by atoms with Gasteiger partial charge in [-0.1, -0.05) is 25.3 Å². The first-order chi connectivity index (χ1) is 10.0. The standard InChI is InChI=1S/C17H26N2O2/c1-13(2)21-15-8-6-7-14(11-15)16(20)19-17(12-18)9-4-3-5-10-17/h6-8,11,13H,3-5,9-10,12,18H2,1-2H3,(H,19,20). The molecule has 21 heavy (non-hydrogen) atoms. The first-order valence-corrected chi connectivity index (χ1v) is 7.84. The summed E-state index contributed by atoms with van der Waals surface area (Å²) in [6, 6.07) is 7.33. The van der Waals surface area contributed by atoms with Gasteiger partial charge in [0.15, 0.2) is 0 Å². The molecule has 0 radical (unpaired) electrons. The summed E-state index contributed by atoms with van der Waals surface area (Å²) in [6.07, 6.45) is 5.53. The van der Waals surface area contributed by atoms with Crippen LogP contribution in [0.2, 0.25) is 0 Å². The maximum atomic E-state index is 12.5. The zero-order chi connectivity index (χ0) is 15.3. The van der Waals surface area contributed by atoms with E-state index in [9.17, 15) is 4.79 Å². The number of rotatable bonds is 5. The second-order valence-corrected chi connectivity index (χ2v) is 6.19. The van der Waals surface area contributed by atoms with Crippen molar-refractivity contribution >= 4 is 5.91 Å². The lowest BCUT2D eigenvalue weighted by Gasteiger charge is -2.37. The van der Waals surface area contributed by atoms with E-state index in [4.69, 9.17) is 10.5 Å². The fraction of sp³-hybridized carbons (Fsp3) is 0.588. The van der Waals surface area contributed by atoms with Gasteiger partial charge in [0.25, 0.3) is 5.91 Å². The second-order valence-electron chi connectivity index (χ2n) is 6.19. The van der Waals surface area contributed by atoms with Crippen LogP contribution < -0.4 is 15.8 Å². The molecule has 4 heteroatoms. The molecule has 3 N–H and O–H groups in total. The highest BCUT2D eigenvalue weighted by atomic mass is 16.5. The second kappa shape index (κ2) is 6.94. The maximum Gasteiger partial charge on any atom is 0.251 e. The van der Waals surface area contributed by atoms with E-state index in [1.807, 2.05) is 32.0 Å². The highest BCUT2D eigenvalue weighted by Gasteiger charge is 2.32. The lowest BCUT2D eigenvalue weighted by atomic mass is 9.81. The molecule has 0 aliphatic heterocycles. The van der Waals surface area contributed by atoms with Crippen molar-refractivity contribution in [3.63, 3.8) is 0 Å². The Hall–Kier alpha value is -1.55. The summed E-state index contributed by atoms with van der Waals surface area (Å²) in [5.41, 5.74) is 6.32. The predicted molar refractivity (Wildman–Crippen MR) is 84.5 cm³/mol. The first-order valence-electron chi connectivity index (χ1n) is 7.84. The van der Waals surface area contributed by atoms with E-state index in [-0.39, 0.29) is 17.6 Å². The average Bonchev–Trinajstić information content (AvgIpc) is 2.48. The molecule has 1 fully saturated rings. The van der Waals surface area contributed by atoms with Crippen LogP contribution in [0.3, 0.4) is 0 Å². The molecule has 1 amide bonds. The molecule has 1 saturated carbocycles. The number of carbonyl (C=O) groups is 1. The summed E-state index contributed by atoms with van der Waals surface area (Å²) in [5.74, 6) is 0.666. The van der Waals surface area contributed by atoms with Gasteiger partial charge >= 0.3 is 0 Å². The number of nitrogens with two attached hydrogens (primary N) is 1. The number of nitrogens with one attached hydrogen (secondary N) is 1. The molecular weight excluding hydrogens is 264 g/mol. The van der Waals surface area contributed by atoms with Crippen molar-refractivity contribution in [1.82, 2.24) is 5.32 Å². The molecule has 0 bridgehead atoms. The Balaban J connectivity index is 2.08. The molecule has 4 nitrogen and oxygen atoms in total. The maximum absolute atomic E-state index is 12.5. The molecule has 1 aromatic carbocycles. The highest BCUT2D eigenvalue weighted by molar-refractivity contribution is 5.95. The van der Waals surface area contributed by atoms with E-state index in [2.05, 4.69) is 5.32 Å². The van der Waals surface area contributed by atoms with Gasteiger partial charge < -0.3 is 15.8 Å². The lowest BCUT2D eigenvalue weighted by Crippen LogP contribution is -2.54. The minimum atomic E-state index is -0.232. The number of hydrogen-bond acceptors (Lipinski definition) is 3. The van der Waals surface area contributed by atoms with Crippen molar-refractivity contribution in [1.29, 1.82) is 0 Å². The van der Waals surface area contributed by atoms with Crippen LogP contribution in [0, 0.1) is 0 Å². The van der Waals surface area contributed by atoms with Gasteiger partial charge in [0.05, 0.1) is 11.6 Å². The van der Waals surface area contributed by atoms with Crippen molar-refractivity contribution in [2.24, 2.45) is 5.73 Å². The normalized spacial score (nSPS) is 17.5. The monoisotopic (exact) mass is 290 g/mol. The molecule has 0 spiro atoms. The quantitative estimate of drug-likeness (QED) is 0.876. The Labute approximate surface area is 127 Å². The van der Waals surface area contributed by atoms with E-state index in [1.165, 1.54) is 6.42 Å². The van der Waals surface area contributed by atoms with E-state index in [1.54, 1.807) is 6.07 Å². The first kappa shape index (κ1) is 15.8. The smallest absolute Gasteiger partial charge is 0.251 e. The van der Waals surface area contributed by atoms with Crippen LogP contribution in [-0.2, 0) is 0 Å². The van der Waals surface area contributed by atoms with E-state index < -0.39 is 0 Å². The number of ether oxygens (including phenoxy) is 1. The van der Waals surface area contributed by atoms with Crippen LogP contribution in [-0.4, -0.2) is 24.1 Å². The van der Waals surface area contributed by atoms with Crippen molar-refractivity contribution in [3.05, 3.63) is 29.8 Å². The summed E-state index contributed by atoms with van der Waals surface area (Å²) in [7, 11) is 0. The third-order valence-electron chi connectivity index (χ3n) is 4.05. The number of carbonyl (C=O) groups excluding carboxylic acids is 1. The van der Waals surface area contributed by atoms with Gasteiger partial charge in [0.1, 0.15) is 5.75 Å². The molecule has 116 valence electrons. The number of hydrogen-bond donors (Lipinski definition) is 2. The molecule has 0 heterocycles. The Bertz CT molecular complexity index is 479. The van der Waals surface area contributed by atoms with E-state index in [0.717, 1.165) is 31.4 Å². The Morgan fingerprint density at radius 1 is 1.33 bits per heavy atom. The molecule has 1 aliphatic carbocycles. The topological polar surface area (TPSA) is 64.3 Å². The molecule has 0 unspecified atom stereocenters. The molecule has 1 aliphatic rings. The van der Waals surface area contributed by atoms with Gasteiger partial charge in [0.2, 0.25) is 0 Å². The van der Waals surface area contributed by atoms with Crippen LogP contribution in [0.15, 0.2) is 24.3 Å². The Kier molecular flexibility index (Phi) is 5.23. The number of benzene rings is 1. The minimum absolute atomic E-state index is 0.0587. The molecular formula is C17H26N2O2. The summed E-state index contributed by atoms with van der Waals surface area (Å²) in [6.45, 7) is 4.44. The van der Waals surface area contributed by atoms with Gasteiger partial charge in [0, 0.05) is 12.1 Å².